The van der Waals surface area contributed by atoms with Crippen LogP contribution in [0.5, 0.6) is 0 Å². The van der Waals surface area contributed by atoms with Gasteiger partial charge in [0.25, 0.3) is 0 Å². The van der Waals surface area contributed by atoms with E-state index in [1.807, 2.05) is 6.92 Å². The molecule has 0 spiro atoms. The molecule has 10 heteroatoms. The summed E-state index contributed by atoms with van der Waals surface area (Å²) in [5.41, 5.74) is 2.05. The molecule has 1 heterocycles. The number of carbonyl (C=O) groups is 3. The van der Waals surface area contributed by atoms with Crippen molar-refractivity contribution in [1.82, 2.24) is 10.6 Å². The lowest BCUT2D eigenvalue weighted by molar-refractivity contribution is -0.143. The first-order valence-corrected chi connectivity index (χ1v) is 9.95. The van der Waals surface area contributed by atoms with Crippen LogP contribution in [0.3, 0.4) is 0 Å². The summed E-state index contributed by atoms with van der Waals surface area (Å²) in [7, 11) is 1.19. The summed E-state index contributed by atoms with van der Waals surface area (Å²) in [6, 6.07) is 5.88. The van der Waals surface area contributed by atoms with Crippen molar-refractivity contribution in [2.75, 3.05) is 20.3 Å². The molecular weight excluding hydrogens is 404 g/mol. The van der Waals surface area contributed by atoms with Crippen LogP contribution < -0.4 is 10.6 Å². The Morgan fingerprint density at radius 2 is 2.06 bits per heavy atom. The summed E-state index contributed by atoms with van der Waals surface area (Å²) in [5.74, 6) is -1.06. The Bertz CT molecular complexity index is 846. The molecule has 2 rings (SSSR count). The summed E-state index contributed by atoms with van der Waals surface area (Å²) in [6.45, 7) is 9.04. The van der Waals surface area contributed by atoms with E-state index in [0.29, 0.717) is 24.2 Å². The third-order valence-electron chi connectivity index (χ3n) is 4.49. The molecule has 2 atom stereocenters. The Balaban J connectivity index is 1.79. The van der Waals surface area contributed by atoms with Gasteiger partial charge in [-0.1, -0.05) is 42.8 Å². The minimum Gasteiger partial charge on any atom is -0.467 e. The van der Waals surface area contributed by atoms with Crippen LogP contribution in [-0.4, -0.2) is 56.1 Å². The highest BCUT2D eigenvalue weighted by Gasteiger charge is 2.27. The van der Waals surface area contributed by atoms with Gasteiger partial charge in [0.1, 0.15) is 12.1 Å². The average Bonchev–Trinajstić information content (AvgIpc) is 3.24. The molecular formula is C21H26N4O6. The van der Waals surface area contributed by atoms with Gasteiger partial charge in [0, 0.05) is 13.0 Å². The van der Waals surface area contributed by atoms with Gasteiger partial charge in [0.05, 0.1) is 32.4 Å². The zero-order valence-corrected chi connectivity index (χ0v) is 17.6. The van der Waals surface area contributed by atoms with Crippen molar-refractivity contribution >= 4 is 29.4 Å². The topological polar surface area (TPSA) is 120 Å². The van der Waals surface area contributed by atoms with E-state index < -0.39 is 24.2 Å². The number of hydrogen-bond donors (Lipinski definition) is 2. The molecule has 0 saturated heterocycles. The predicted molar refractivity (Wildman–Crippen MR) is 112 cm³/mol. The van der Waals surface area contributed by atoms with E-state index in [1.54, 1.807) is 24.3 Å². The summed E-state index contributed by atoms with van der Waals surface area (Å²) in [5, 5.41) is 9.00. The molecule has 0 saturated carbocycles. The molecule has 0 aromatic heterocycles. The first-order valence-electron chi connectivity index (χ1n) is 9.95. The van der Waals surface area contributed by atoms with E-state index in [-0.39, 0.29) is 25.5 Å². The average molecular weight is 430 g/mol. The number of oxime groups is 1. The quantitative estimate of drug-likeness (QED) is 0.334. The highest BCUT2D eigenvalue weighted by atomic mass is 16.6. The van der Waals surface area contributed by atoms with Crippen LogP contribution in [0.2, 0.25) is 0 Å². The van der Waals surface area contributed by atoms with Crippen LogP contribution in [0.4, 0.5) is 10.5 Å². The van der Waals surface area contributed by atoms with Crippen LogP contribution in [-0.2, 0) is 23.9 Å². The molecule has 2 N–H and O–H groups in total. The second-order valence-electron chi connectivity index (χ2n) is 6.85. The second-order valence-corrected chi connectivity index (χ2v) is 6.85. The predicted octanol–water partition coefficient (Wildman–Crippen LogP) is 2.30. The van der Waals surface area contributed by atoms with Crippen molar-refractivity contribution in [2.24, 2.45) is 5.16 Å². The summed E-state index contributed by atoms with van der Waals surface area (Å²) < 4.78 is 9.63. The molecule has 0 bridgehead atoms. The van der Waals surface area contributed by atoms with Crippen molar-refractivity contribution < 1.29 is 28.7 Å². The fourth-order valence-electron chi connectivity index (χ4n) is 2.76. The Morgan fingerprint density at radius 3 is 2.71 bits per heavy atom. The number of benzene rings is 1. The summed E-state index contributed by atoms with van der Waals surface area (Å²) in [4.78, 5) is 44.6. The number of amides is 2. The number of ether oxygens (including phenoxy) is 2. The molecule has 0 aliphatic carbocycles. The molecule has 2 amide bonds. The fraction of sp³-hybridized carbons (Fsp3) is 0.476. The Labute approximate surface area is 180 Å². The van der Waals surface area contributed by atoms with E-state index in [1.165, 1.54) is 7.11 Å². The number of rotatable bonds is 10. The Hall–Kier alpha value is -3.61. The third-order valence-corrected chi connectivity index (χ3v) is 4.49. The number of esters is 1. The molecule has 1 aliphatic rings. The highest BCUT2D eigenvalue weighted by molar-refractivity contribution is 6.01. The molecule has 1 unspecified atom stereocenters. The number of alkyl carbamates (subject to hydrolysis) is 1. The molecule has 1 aliphatic heterocycles. The van der Waals surface area contributed by atoms with Crippen molar-refractivity contribution in [3.05, 3.63) is 41.2 Å². The highest BCUT2D eigenvalue weighted by Crippen LogP contribution is 2.21. The minimum atomic E-state index is -1.07. The Kier molecular flexibility index (Phi) is 9.29. The zero-order chi connectivity index (χ0) is 22.6. The number of unbranched alkanes of at least 4 members (excludes halogenated alkanes) is 1. The zero-order valence-electron chi connectivity index (χ0n) is 17.6. The monoisotopic (exact) mass is 430 g/mol. The second kappa shape index (κ2) is 12.2. The van der Waals surface area contributed by atoms with Gasteiger partial charge in [-0.2, -0.15) is 0 Å². The number of hydrogen-bond acceptors (Lipinski definition) is 7. The molecule has 10 nitrogen and oxygen atoms in total. The van der Waals surface area contributed by atoms with Crippen LogP contribution in [0.15, 0.2) is 29.4 Å². The van der Waals surface area contributed by atoms with Gasteiger partial charge in [0.2, 0.25) is 5.91 Å². The minimum absolute atomic E-state index is 0.0297. The Morgan fingerprint density at radius 1 is 1.32 bits per heavy atom. The van der Waals surface area contributed by atoms with E-state index in [0.717, 1.165) is 12.0 Å². The van der Waals surface area contributed by atoms with Gasteiger partial charge < -0.3 is 24.9 Å². The van der Waals surface area contributed by atoms with Crippen molar-refractivity contribution in [2.45, 2.75) is 44.8 Å². The lowest BCUT2D eigenvalue weighted by atomic mass is 10.0. The smallest absolute Gasteiger partial charge is 0.407 e. The lowest BCUT2D eigenvalue weighted by Crippen LogP contribution is -2.49. The van der Waals surface area contributed by atoms with Crippen LogP contribution >= 0.6 is 0 Å². The maximum absolute atomic E-state index is 12.3. The van der Waals surface area contributed by atoms with Crippen LogP contribution in [0, 0.1) is 6.57 Å². The number of nitrogens with one attached hydrogen (secondary N) is 2. The molecule has 0 radical (unpaired) electrons. The van der Waals surface area contributed by atoms with Gasteiger partial charge in [0.15, 0.2) is 5.69 Å². The van der Waals surface area contributed by atoms with Gasteiger partial charge in [-0.3, -0.25) is 4.79 Å². The third kappa shape index (κ3) is 7.62. The SMILES string of the molecule is [C-]#[N+]c1ccc(C2=NOC(CC(=O)NC[C@@H](NC(=O)OCCCC)C(=O)OC)C2)cc1. The van der Waals surface area contributed by atoms with Gasteiger partial charge in [-0.05, 0) is 12.0 Å². The molecule has 1 aromatic rings. The van der Waals surface area contributed by atoms with E-state index in [2.05, 4.69) is 25.4 Å². The van der Waals surface area contributed by atoms with Gasteiger partial charge in [-0.15, -0.1) is 0 Å². The van der Waals surface area contributed by atoms with E-state index >= 15 is 0 Å². The van der Waals surface area contributed by atoms with Gasteiger partial charge in [-0.25, -0.2) is 14.4 Å². The van der Waals surface area contributed by atoms with E-state index in [9.17, 15) is 14.4 Å². The molecule has 166 valence electrons. The number of carbonyl (C=O) groups excluding carboxylic acids is 3. The summed E-state index contributed by atoms with van der Waals surface area (Å²) >= 11 is 0. The largest absolute Gasteiger partial charge is 0.467 e. The normalized spacial score (nSPS) is 15.6. The number of methoxy groups -OCH3 is 1. The molecule has 31 heavy (non-hydrogen) atoms. The van der Waals surface area contributed by atoms with Gasteiger partial charge >= 0.3 is 12.1 Å². The maximum Gasteiger partial charge on any atom is 0.407 e. The number of nitrogens with zero attached hydrogens (tertiary/aromatic N) is 2. The van der Waals surface area contributed by atoms with Crippen LogP contribution in [0.1, 0.15) is 38.2 Å². The van der Waals surface area contributed by atoms with Crippen molar-refractivity contribution in [3.8, 4) is 0 Å². The molecule has 0 fully saturated rings. The lowest BCUT2D eigenvalue weighted by Gasteiger charge is -2.17. The standard InChI is InChI=1S/C21H26N4O6/c1-4-5-10-30-21(28)24-18(20(27)29-3)13-23-19(26)12-16-11-17(25-31-16)14-6-8-15(22-2)9-7-14/h6-9,16,18H,4-5,10-13H2,1,3H3,(H,23,26)(H,24,28)/t16?,18-/m1/s1. The maximum atomic E-state index is 12.3. The first kappa shape index (κ1) is 23.7. The fourth-order valence-corrected chi connectivity index (χ4v) is 2.76. The van der Waals surface area contributed by atoms with Crippen molar-refractivity contribution in [1.29, 1.82) is 0 Å². The molecule has 1 aromatic carbocycles. The van der Waals surface area contributed by atoms with Crippen molar-refractivity contribution in [3.63, 3.8) is 0 Å². The first-order chi connectivity index (χ1) is 15.0. The summed E-state index contributed by atoms with van der Waals surface area (Å²) in [6.07, 6.45) is 0.848. The van der Waals surface area contributed by atoms with Crippen LogP contribution in [0.25, 0.3) is 4.85 Å². The van der Waals surface area contributed by atoms with E-state index in [4.69, 9.17) is 16.1 Å².